The molecule has 1 aliphatic carbocycles. The number of methoxy groups -OCH3 is 1. The van der Waals surface area contributed by atoms with Gasteiger partial charge in [-0.25, -0.2) is 0 Å². The van der Waals surface area contributed by atoms with E-state index in [9.17, 15) is 9.59 Å². The Morgan fingerprint density at radius 3 is 2.39 bits per heavy atom. The monoisotopic (exact) mass is 594 g/mol. The van der Waals surface area contributed by atoms with Crippen molar-refractivity contribution < 1.29 is 14.3 Å². The fourth-order valence-corrected chi connectivity index (χ4v) is 5.94. The lowest BCUT2D eigenvalue weighted by Crippen LogP contribution is -2.52. The SMILES string of the molecule is COc1cccc(CN(C(=O)CSCc2ccc(Br)cc2)[C@H](Cc2ccccc2)C(=O)NC2CCCC2)c1. The average Bonchev–Trinajstić information content (AvgIpc) is 3.45. The summed E-state index contributed by atoms with van der Waals surface area (Å²) in [6.45, 7) is 0.338. The van der Waals surface area contributed by atoms with Gasteiger partial charge in [0.25, 0.3) is 0 Å². The zero-order chi connectivity index (χ0) is 26.7. The Labute approximate surface area is 238 Å². The number of carbonyl (C=O) groups is 2. The minimum atomic E-state index is -0.606. The summed E-state index contributed by atoms with van der Waals surface area (Å²) in [7, 11) is 1.63. The van der Waals surface area contributed by atoms with Crippen molar-refractivity contribution in [2.45, 2.75) is 56.5 Å². The van der Waals surface area contributed by atoms with E-state index in [-0.39, 0.29) is 17.9 Å². The number of benzene rings is 3. The van der Waals surface area contributed by atoms with E-state index in [0.29, 0.717) is 18.7 Å². The van der Waals surface area contributed by atoms with Crippen molar-refractivity contribution in [1.82, 2.24) is 10.2 Å². The summed E-state index contributed by atoms with van der Waals surface area (Å²) in [5.41, 5.74) is 3.12. The van der Waals surface area contributed by atoms with Gasteiger partial charge in [-0.2, -0.15) is 0 Å². The lowest BCUT2D eigenvalue weighted by molar-refractivity contribution is -0.139. The molecular weight excluding hydrogens is 560 g/mol. The summed E-state index contributed by atoms with van der Waals surface area (Å²) in [5.74, 6) is 1.63. The molecule has 7 heteroatoms. The molecule has 3 aromatic rings. The van der Waals surface area contributed by atoms with E-state index in [1.165, 1.54) is 0 Å². The van der Waals surface area contributed by atoms with Crippen LogP contribution in [0.3, 0.4) is 0 Å². The van der Waals surface area contributed by atoms with Crippen LogP contribution < -0.4 is 10.1 Å². The van der Waals surface area contributed by atoms with Crippen molar-refractivity contribution in [3.8, 4) is 5.75 Å². The molecule has 0 spiro atoms. The van der Waals surface area contributed by atoms with E-state index in [1.54, 1.807) is 23.8 Å². The summed E-state index contributed by atoms with van der Waals surface area (Å²) in [6.07, 6.45) is 4.72. The predicted octanol–water partition coefficient (Wildman–Crippen LogP) is 6.39. The van der Waals surface area contributed by atoms with Crippen molar-refractivity contribution in [2.75, 3.05) is 12.9 Å². The molecule has 0 aliphatic heterocycles. The van der Waals surface area contributed by atoms with Gasteiger partial charge < -0.3 is 15.0 Å². The largest absolute Gasteiger partial charge is 0.497 e. The van der Waals surface area contributed by atoms with Crippen molar-refractivity contribution in [2.24, 2.45) is 0 Å². The van der Waals surface area contributed by atoms with E-state index in [2.05, 4.69) is 33.4 Å². The molecule has 38 heavy (non-hydrogen) atoms. The maximum atomic E-state index is 13.8. The normalized spacial score (nSPS) is 14.2. The van der Waals surface area contributed by atoms with Crippen LogP contribution in [0, 0.1) is 0 Å². The molecule has 4 rings (SSSR count). The highest BCUT2D eigenvalue weighted by Gasteiger charge is 2.32. The standard InChI is InChI=1S/C31H35BrN2O3S/c1-37-28-13-7-10-25(18-28)20-34(30(35)22-38-21-24-14-16-26(32)17-15-24)29(19-23-8-3-2-4-9-23)31(36)33-27-11-5-6-12-27/h2-4,7-10,13-18,27,29H,5-6,11-12,19-22H2,1H3,(H,33,36)/t29-/m1/s1. The molecule has 0 bridgehead atoms. The van der Waals surface area contributed by atoms with Gasteiger partial charge in [0.2, 0.25) is 11.8 Å². The van der Waals surface area contributed by atoms with Gasteiger partial charge in [0.15, 0.2) is 0 Å². The first-order valence-electron chi connectivity index (χ1n) is 13.1. The third-order valence-corrected chi connectivity index (χ3v) is 8.38. The van der Waals surface area contributed by atoms with Crippen molar-refractivity contribution >= 4 is 39.5 Å². The highest BCUT2D eigenvalue weighted by Crippen LogP contribution is 2.23. The van der Waals surface area contributed by atoms with Crippen LogP contribution in [-0.4, -0.2) is 41.7 Å². The second kappa shape index (κ2) is 14.4. The van der Waals surface area contributed by atoms with E-state index in [4.69, 9.17) is 4.74 Å². The van der Waals surface area contributed by atoms with Crippen LogP contribution in [0.2, 0.25) is 0 Å². The van der Waals surface area contributed by atoms with Gasteiger partial charge in [0, 0.05) is 29.2 Å². The topological polar surface area (TPSA) is 58.6 Å². The Morgan fingerprint density at radius 2 is 1.68 bits per heavy atom. The number of hydrogen-bond acceptors (Lipinski definition) is 4. The highest BCUT2D eigenvalue weighted by molar-refractivity contribution is 9.10. The first-order chi connectivity index (χ1) is 18.5. The Kier molecular flexibility index (Phi) is 10.7. The second-order valence-electron chi connectivity index (χ2n) is 9.69. The number of thioether (sulfide) groups is 1. The Morgan fingerprint density at radius 1 is 0.974 bits per heavy atom. The third-order valence-electron chi connectivity index (χ3n) is 6.87. The average molecular weight is 596 g/mol. The number of nitrogens with one attached hydrogen (secondary N) is 1. The van der Waals surface area contributed by atoms with Crippen molar-refractivity contribution in [3.63, 3.8) is 0 Å². The van der Waals surface area contributed by atoms with E-state index < -0.39 is 6.04 Å². The quantitative estimate of drug-likeness (QED) is 0.264. The fourth-order valence-electron chi connectivity index (χ4n) is 4.81. The third kappa shape index (κ3) is 8.37. The van der Waals surface area contributed by atoms with Gasteiger partial charge in [-0.1, -0.05) is 83.4 Å². The van der Waals surface area contributed by atoms with Gasteiger partial charge >= 0.3 is 0 Å². The lowest BCUT2D eigenvalue weighted by Gasteiger charge is -2.32. The number of amides is 2. The molecule has 0 heterocycles. The summed E-state index contributed by atoms with van der Waals surface area (Å²) in [4.78, 5) is 29.3. The van der Waals surface area contributed by atoms with Gasteiger partial charge in [-0.3, -0.25) is 9.59 Å². The molecule has 0 saturated heterocycles. The van der Waals surface area contributed by atoms with Crippen LogP contribution in [-0.2, 0) is 28.3 Å². The van der Waals surface area contributed by atoms with Crippen LogP contribution in [0.25, 0.3) is 0 Å². The van der Waals surface area contributed by atoms with E-state index in [1.807, 2.05) is 66.7 Å². The number of hydrogen-bond donors (Lipinski definition) is 1. The van der Waals surface area contributed by atoms with Gasteiger partial charge in [0.1, 0.15) is 11.8 Å². The number of nitrogens with zero attached hydrogens (tertiary/aromatic N) is 1. The maximum absolute atomic E-state index is 13.8. The van der Waals surface area contributed by atoms with Gasteiger partial charge in [-0.05, 0) is 53.8 Å². The van der Waals surface area contributed by atoms with E-state index >= 15 is 0 Å². The lowest BCUT2D eigenvalue weighted by atomic mass is 10.0. The molecule has 0 unspecified atom stereocenters. The van der Waals surface area contributed by atoms with Crippen molar-refractivity contribution in [1.29, 1.82) is 0 Å². The Bertz CT molecular complexity index is 1180. The number of ether oxygens (including phenoxy) is 1. The highest BCUT2D eigenvalue weighted by atomic mass is 79.9. The molecule has 1 aliphatic rings. The smallest absolute Gasteiger partial charge is 0.243 e. The predicted molar refractivity (Wildman–Crippen MR) is 158 cm³/mol. The van der Waals surface area contributed by atoms with Crippen molar-refractivity contribution in [3.05, 3.63) is 100 Å². The van der Waals surface area contributed by atoms with Crippen LogP contribution >= 0.6 is 27.7 Å². The molecule has 1 atom stereocenters. The molecule has 1 N–H and O–H groups in total. The zero-order valence-electron chi connectivity index (χ0n) is 21.8. The minimum absolute atomic E-state index is 0.0440. The number of carbonyl (C=O) groups excluding carboxylic acids is 2. The zero-order valence-corrected chi connectivity index (χ0v) is 24.2. The first kappa shape index (κ1) is 28.2. The van der Waals surface area contributed by atoms with Crippen LogP contribution in [0.15, 0.2) is 83.3 Å². The van der Waals surface area contributed by atoms with Crippen LogP contribution in [0.5, 0.6) is 5.75 Å². The van der Waals surface area contributed by atoms with Gasteiger partial charge in [0.05, 0.1) is 12.9 Å². The molecule has 2 amide bonds. The molecule has 1 saturated carbocycles. The van der Waals surface area contributed by atoms with E-state index in [0.717, 1.165) is 58.3 Å². The molecule has 200 valence electrons. The van der Waals surface area contributed by atoms with Gasteiger partial charge in [-0.15, -0.1) is 11.8 Å². The Hall–Kier alpha value is -2.77. The second-order valence-corrected chi connectivity index (χ2v) is 11.6. The molecule has 3 aromatic carbocycles. The van der Waals surface area contributed by atoms with Crippen LogP contribution in [0.1, 0.15) is 42.4 Å². The molecule has 0 aromatic heterocycles. The maximum Gasteiger partial charge on any atom is 0.243 e. The fraction of sp³-hybridized carbons (Fsp3) is 0.355. The summed E-state index contributed by atoms with van der Waals surface area (Å²) < 4.78 is 6.45. The molecular formula is C31H35BrN2O3S. The summed E-state index contributed by atoms with van der Waals surface area (Å²) >= 11 is 5.04. The first-order valence-corrected chi connectivity index (χ1v) is 15.1. The molecule has 5 nitrogen and oxygen atoms in total. The number of rotatable bonds is 12. The van der Waals surface area contributed by atoms with Crippen LogP contribution in [0.4, 0.5) is 0 Å². The number of halogens is 1. The molecule has 0 radical (unpaired) electrons. The molecule has 1 fully saturated rings. The summed E-state index contributed by atoms with van der Waals surface area (Å²) in [5, 5.41) is 3.26. The minimum Gasteiger partial charge on any atom is -0.497 e. The Balaban J connectivity index is 1.57. The summed E-state index contributed by atoms with van der Waals surface area (Å²) in [6, 6.07) is 25.4.